The third-order valence-corrected chi connectivity index (χ3v) is 10.7. The molecular formula is C46H27N7O. The van der Waals surface area contributed by atoms with Gasteiger partial charge in [0.25, 0.3) is 0 Å². The number of fused-ring (bicyclic) bond motifs is 10. The zero-order valence-corrected chi connectivity index (χ0v) is 28.6. The number of pyridine rings is 3. The summed E-state index contributed by atoms with van der Waals surface area (Å²) in [5, 5.41) is 5.40. The molecule has 8 heteroatoms. The molecule has 252 valence electrons. The fourth-order valence-corrected chi connectivity index (χ4v) is 8.44. The van der Waals surface area contributed by atoms with Gasteiger partial charge < -0.3 is 13.6 Å². The van der Waals surface area contributed by atoms with Gasteiger partial charge in [-0.2, -0.15) is 0 Å². The molecule has 7 aromatic heterocycles. The highest BCUT2D eigenvalue weighted by Crippen LogP contribution is 2.42. The maximum Gasteiger partial charge on any atom is 0.153 e. The van der Waals surface area contributed by atoms with E-state index in [9.17, 15) is 0 Å². The topological polar surface area (TPSA) is 79.5 Å². The maximum absolute atomic E-state index is 6.21. The van der Waals surface area contributed by atoms with Crippen LogP contribution in [-0.4, -0.2) is 33.6 Å². The van der Waals surface area contributed by atoms with E-state index in [1.165, 1.54) is 0 Å². The van der Waals surface area contributed by atoms with Crippen molar-refractivity contribution in [2.24, 2.45) is 0 Å². The lowest BCUT2D eigenvalue weighted by atomic mass is 10.1. The number of imidazole rings is 1. The number of benzene rings is 5. The SMILES string of the molecule is c1cc(-n2c3ccccc3c3cnccc32)c(-n2c(-c3ccc4oc5cccnc5c4c3)nc3ccccc32)c(-n2c3ccccc3c3cnccc32)c1. The van der Waals surface area contributed by atoms with E-state index in [2.05, 4.69) is 133 Å². The molecule has 0 aliphatic heterocycles. The van der Waals surface area contributed by atoms with E-state index in [1.54, 1.807) is 0 Å². The second-order valence-corrected chi connectivity index (χ2v) is 13.6. The lowest BCUT2D eigenvalue weighted by Gasteiger charge is -2.22. The van der Waals surface area contributed by atoms with Gasteiger partial charge in [0, 0.05) is 63.5 Å². The molecule has 0 aliphatic carbocycles. The van der Waals surface area contributed by atoms with Crippen molar-refractivity contribution in [1.82, 2.24) is 33.6 Å². The van der Waals surface area contributed by atoms with E-state index >= 15 is 0 Å². The summed E-state index contributed by atoms with van der Waals surface area (Å²) in [7, 11) is 0. The van der Waals surface area contributed by atoms with Crippen LogP contribution in [0.4, 0.5) is 0 Å². The molecule has 8 nitrogen and oxygen atoms in total. The van der Waals surface area contributed by atoms with E-state index in [0.717, 1.165) is 105 Å². The molecule has 0 spiro atoms. The Morgan fingerprint density at radius 1 is 0.444 bits per heavy atom. The first-order valence-electron chi connectivity index (χ1n) is 17.9. The summed E-state index contributed by atoms with van der Waals surface area (Å²) < 4.78 is 13.3. The van der Waals surface area contributed by atoms with Crippen molar-refractivity contribution < 1.29 is 4.42 Å². The van der Waals surface area contributed by atoms with Crippen molar-refractivity contribution in [2.75, 3.05) is 0 Å². The van der Waals surface area contributed by atoms with Gasteiger partial charge in [0.15, 0.2) is 5.58 Å². The predicted octanol–water partition coefficient (Wildman–Crippen LogP) is 11.0. The summed E-state index contributed by atoms with van der Waals surface area (Å²) in [4.78, 5) is 19.2. The second-order valence-electron chi connectivity index (χ2n) is 13.6. The Hall–Kier alpha value is -7.58. The largest absolute Gasteiger partial charge is 0.454 e. The second kappa shape index (κ2) is 11.0. The van der Waals surface area contributed by atoms with Gasteiger partial charge in [-0.1, -0.05) is 54.6 Å². The van der Waals surface area contributed by atoms with Gasteiger partial charge in [-0.25, -0.2) is 4.98 Å². The normalized spacial score (nSPS) is 12.1. The summed E-state index contributed by atoms with van der Waals surface area (Å²) >= 11 is 0. The monoisotopic (exact) mass is 693 g/mol. The molecule has 0 unspecified atom stereocenters. The zero-order chi connectivity index (χ0) is 35.3. The minimum absolute atomic E-state index is 0.757. The molecule has 5 aromatic carbocycles. The molecule has 0 aliphatic rings. The lowest BCUT2D eigenvalue weighted by Crippen LogP contribution is -2.10. The third kappa shape index (κ3) is 3.96. The van der Waals surface area contributed by atoms with Gasteiger partial charge in [0.1, 0.15) is 16.9 Å². The molecule has 0 N–H and O–H groups in total. The molecule has 0 atom stereocenters. The number of para-hydroxylation sites is 5. The van der Waals surface area contributed by atoms with Crippen LogP contribution in [-0.2, 0) is 0 Å². The van der Waals surface area contributed by atoms with Crippen molar-refractivity contribution in [3.8, 4) is 28.5 Å². The minimum atomic E-state index is 0.757. The van der Waals surface area contributed by atoms with Gasteiger partial charge in [-0.05, 0) is 78.9 Å². The smallest absolute Gasteiger partial charge is 0.153 e. The standard InChI is InChI=1S/C46H27N7O/c1-4-12-35-29(9-1)32-26-47-23-20-37(32)51(35)40-15-7-16-41(52-36-13-5-2-10-30(36)33-27-48-24-21-38(33)52)45(40)53-39-14-6-3-11-34(39)50-46(53)28-18-19-42-31(25-28)44-43(54-42)17-8-22-49-44/h1-27H. The van der Waals surface area contributed by atoms with E-state index in [-0.39, 0.29) is 0 Å². The van der Waals surface area contributed by atoms with Gasteiger partial charge in [0.2, 0.25) is 0 Å². The molecule has 0 saturated carbocycles. The van der Waals surface area contributed by atoms with Crippen LogP contribution in [0.25, 0.3) is 105 Å². The van der Waals surface area contributed by atoms with Gasteiger partial charge >= 0.3 is 0 Å². The molecule has 12 aromatic rings. The van der Waals surface area contributed by atoms with Gasteiger partial charge in [-0.3, -0.25) is 19.5 Å². The van der Waals surface area contributed by atoms with Crippen LogP contribution in [0, 0.1) is 0 Å². The zero-order valence-electron chi connectivity index (χ0n) is 28.6. The molecule has 0 bridgehead atoms. The highest BCUT2D eigenvalue weighted by molar-refractivity contribution is 6.11. The first kappa shape index (κ1) is 29.0. The van der Waals surface area contributed by atoms with Crippen LogP contribution in [0.1, 0.15) is 0 Å². The molecule has 7 heterocycles. The fourth-order valence-electron chi connectivity index (χ4n) is 8.44. The molecule has 0 radical (unpaired) electrons. The van der Waals surface area contributed by atoms with Gasteiger partial charge in [-0.15, -0.1) is 0 Å². The molecule has 0 saturated heterocycles. The van der Waals surface area contributed by atoms with Crippen LogP contribution >= 0.6 is 0 Å². The molecule has 54 heavy (non-hydrogen) atoms. The minimum Gasteiger partial charge on any atom is -0.454 e. The van der Waals surface area contributed by atoms with Crippen LogP contribution < -0.4 is 0 Å². The number of hydrogen-bond acceptors (Lipinski definition) is 5. The lowest BCUT2D eigenvalue weighted by molar-refractivity contribution is 0.668. The van der Waals surface area contributed by atoms with E-state index in [1.807, 2.05) is 55.2 Å². The quantitative estimate of drug-likeness (QED) is 0.183. The average molecular weight is 694 g/mol. The Morgan fingerprint density at radius 3 is 1.78 bits per heavy atom. The van der Waals surface area contributed by atoms with Crippen molar-refractivity contribution >= 4 is 76.7 Å². The first-order valence-corrected chi connectivity index (χ1v) is 17.9. The maximum atomic E-state index is 6.21. The van der Waals surface area contributed by atoms with E-state index in [4.69, 9.17) is 14.4 Å². The van der Waals surface area contributed by atoms with Crippen LogP contribution in [0.2, 0.25) is 0 Å². The highest BCUT2D eigenvalue weighted by atomic mass is 16.3. The van der Waals surface area contributed by atoms with Crippen molar-refractivity contribution in [3.05, 3.63) is 164 Å². The van der Waals surface area contributed by atoms with Crippen molar-refractivity contribution in [2.45, 2.75) is 0 Å². The Labute approximate surface area is 306 Å². The van der Waals surface area contributed by atoms with Crippen LogP contribution in [0.5, 0.6) is 0 Å². The summed E-state index contributed by atoms with van der Waals surface area (Å²) in [6.07, 6.45) is 9.49. The van der Waals surface area contributed by atoms with Crippen LogP contribution in [0.15, 0.2) is 169 Å². The van der Waals surface area contributed by atoms with E-state index < -0.39 is 0 Å². The molecule has 0 fully saturated rings. The van der Waals surface area contributed by atoms with Crippen LogP contribution in [0.3, 0.4) is 0 Å². The number of nitrogens with zero attached hydrogens (tertiary/aromatic N) is 7. The Morgan fingerprint density at radius 2 is 1.07 bits per heavy atom. The summed E-state index contributed by atoms with van der Waals surface area (Å²) in [6.45, 7) is 0. The highest BCUT2D eigenvalue weighted by Gasteiger charge is 2.26. The molecule has 0 amide bonds. The fraction of sp³-hybridized carbons (Fsp3) is 0. The number of rotatable bonds is 4. The summed E-state index contributed by atoms with van der Waals surface area (Å²) in [5.74, 6) is 0.807. The third-order valence-electron chi connectivity index (χ3n) is 10.7. The Bertz CT molecular complexity index is 3240. The Kier molecular flexibility index (Phi) is 5.90. The average Bonchev–Trinajstić information content (AvgIpc) is 3.98. The summed E-state index contributed by atoms with van der Waals surface area (Å²) in [6, 6.07) is 46.5. The number of hydrogen-bond donors (Lipinski definition) is 0. The summed E-state index contributed by atoms with van der Waals surface area (Å²) in [5.41, 5.74) is 12.5. The molecule has 12 rings (SSSR count). The van der Waals surface area contributed by atoms with Crippen molar-refractivity contribution in [3.63, 3.8) is 0 Å². The van der Waals surface area contributed by atoms with Crippen molar-refractivity contribution in [1.29, 1.82) is 0 Å². The predicted molar refractivity (Wildman–Crippen MR) is 216 cm³/mol. The number of furan rings is 1. The van der Waals surface area contributed by atoms with Gasteiger partial charge in [0.05, 0.1) is 50.2 Å². The Balaban J connectivity index is 1.27. The number of aromatic nitrogens is 7. The van der Waals surface area contributed by atoms with E-state index in [0.29, 0.717) is 0 Å². The first-order chi connectivity index (χ1) is 26.8. The molecular weight excluding hydrogens is 667 g/mol.